The highest BCUT2D eigenvalue weighted by atomic mass is 32.2. The first-order valence-electron chi connectivity index (χ1n) is 18.9. The molecule has 4 aromatic rings. The largest absolute Gasteiger partial charge is 0.444 e. The van der Waals surface area contributed by atoms with Crippen LogP contribution in [0, 0.1) is 0 Å². The number of carbonyl (C=O) groups excluding carboxylic acids is 1. The van der Waals surface area contributed by atoms with Gasteiger partial charge in [0.1, 0.15) is 30.0 Å². The molecule has 0 saturated heterocycles. The molecule has 15 heteroatoms. The molecule has 316 valence electrons. The van der Waals surface area contributed by atoms with E-state index in [2.05, 4.69) is 5.32 Å². The molecule has 4 rings (SSSR count). The number of benzene rings is 4. The number of rotatable bonds is 24. The van der Waals surface area contributed by atoms with E-state index in [9.17, 15) is 21.6 Å². The summed E-state index contributed by atoms with van der Waals surface area (Å²) in [5, 5.41) is 2.73. The van der Waals surface area contributed by atoms with Crippen LogP contribution in [0.1, 0.15) is 49.4 Å². The smallest absolute Gasteiger partial charge is 0.407 e. The first-order valence-corrected chi connectivity index (χ1v) is 22.5. The number of nitrogens with one attached hydrogen (secondary N) is 1. The summed E-state index contributed by atoms with van der Waals surface area (Å²) in [6, 6.07) is 36.9. The first-order chi connectivity index (χ1) is 27.5. The number of alkyl carbamates (subject to hydrolysis) is 1. The van der Waals surface area contributed by atoms with Gasteiger partial charge in [-0.15, -0.1) is 0 Å². The molecule has 0 spiro atoms. The van der Waals surface area contributed by atoms with Crippen molar-refractivity contribution < 1.29 is 53.7 Å². The molecule has 0 heterocycles. The zero-order valence-electron chi connectivity index (χ0n) is 33.6. The predicted molar refractivity (Wildman–Crippen MR) is 219 cm³/mol. The van der Waals surface area contributed by atoms with E-state index in [-0.39, 0.29) is 39.4 Å². The van der Waals surface area contributed by atoms with Crippen molar-refractivity contribution in [1.29, 1.82) is 0 Å². The number of hydrogen-bond donors (Lipinski definition) is 1. The van der Waals surface area contributed by atoms with Crippen LogP contribution in [0.15, 0.2) is 121 Å². The Kier molecular flexibility index (Phi) is 18.3. The summed E-state index contributed by atoms with van der Waals surface area (Å²) in [4.78, 5) is 12.7. The summed E-state index contributed by atoms with van der Waals surface area (Å²) in [5.74, 6) is 0. The normalized spacial score (nSPS) is 14.8. The topological polar surface area (TPSA) is 162 Å². The second-order valence-electron chi connectivity index (χ2n) is 14.7. The van der Waals surface area contributed by atoms with Gasteiger partial charge in [0.25, 0.3) is 20.2 Å². The van der Waals surface area contributed by atoms with Crippen LogP contribution < -0.4 is 5.32 Å². The summed E-state index contributed by atoms with van der Waals surface area (Å²) in [6.45, 7) is 4.69. The fourth-order valence-electron chi connectivity index (χ4n) is 5.81. The highest BCUT2D eigenvalue weighted by Crippen LogP contribution is 2.28. The number of hydrogen-bond acceptors (Lipinski definition) is 12. The van der Waals surface area contributed by atoms with Crippen molar-refractivity contribution >= 4 is 26.3 Å². The van der Waals surface area contributed by atoms with Gasteiger partial charge in [-0.2, -0.15) is 16.8 Å². The van der Waals surface area contributed by atoms with Gasteiger partial charge in [0.2, 0.25) is 0 Å². The van der Waals surface area contributed by atoms with Crippen LogP contribution in [0.3, 0.4) is 0 Å². The fourth-order valence-corrected chi connectivity index (χ4v) is 6.83. The Bertz CT molecular complexity index is 2000. The van der Waals surface area contributed by atoms with Crippen LogP contribution in [0.4, 0.5) is 4.79 Å². The molecule has 58 heavy (non-hydrogen) atoms. The molecule has 1 amide bonds. The monoisotopic (exact) mass is 841 g/mol. The standard InChI is InChI=1S/C43H55NO12S2/c1-43(2,3)55-42(45)44-27-26-37(50-28-33-18-10-6-11-19-33)40(56-58(5,48)49)41(53-31-36-24-16-9-17-25-36)39(52-30-35-22-14-8-15-23-35)38(32-54-57(4,46)47)51-29-34-20-12-7-13-21-34/h6-25,37-41H,26-32H2,1-5H3,(H,44,45)/t37-,38-,39+,40+,41-/m0/s1. The van der Waals surface area contributed by atoms with Crippen LogP contribution in [0.25, 0.3) is 0 Å². The predicted octanol–water partition coefficient (Wildman–Crippen LogP) is 6.56. The Hall–Kier alpha value is -4.19. The number of carbonyl (C=O) groups is 1. The zero-order valence-corrected chi connectivity index (χ0v) is 35.2. The lowest BCUT2D eigenvalue weighted by molar-refractivity contribution is -0.198. The maximum atomic E-state index is 13.3. The first kappa shape index (κ1) is 46.5. The Balaban J connectivity index is 1.85. The minimum absolute atomic E-state index is 0.00986. The van der Waals surface area contributed by atoms with Crippen LogP contribution in [-0.4, -0.2) is 84.7 Å². The average Bonchev–Trinajstić information content (AvgIpc) is 3.17. The zero-order chi connectivity index (χ0) is 42.0. The van der Waals surface area contributed by atoms with Crippen molar-refractivity contribution in [2.24, 2.45) is 0 Å². The maximum Gasteiger partial charge on any atom is 0.407 e. The molecular weight excluding hydrogens is 787 g/mol. The molecule has 0 fully saturated rings. The number of amides is 1. The van der Waals surface area contributed by atoms with Gasteiger partial charge >= 0.3 is 6.09 Å². The van der Waals surface area contributed by atoms with Gasteiger partial charge in [-0.05, 0) is 49.4 Å². The Labute approximate surface area is 343 Å². The lowest BCUT2D eigenvalue weighted by Gasteiger charge is -2.39. The van der Waals surface area contributed by atoms with Crippen molar-refractivity contribution in [3.8, 4) is 0 Å². The van der Waals surface area contributed by atoms with Gasteiger partial charge in [-0.3, -0.25) is 8.37 Å². The van der Waals surface area contributed by atoms with Crippen LogP contribution in [-0.2, 0) is 78.7 Å². The second-order valence-corrected chi connectivity index (χ2v) is 17.9. The van der Waals surface area contributed by atoms with Crippen LogP contribution in [0.2, 0.25) is 0 Å². The molecule has 1 N–H and O–H groups in total. The van der Waals surface area contributed by atoms with Crippen molar-refractivity contribution in [2.45, 2.75) is 89.7 Å². The van der Waals surface area contributed by atoms with Gasteiger partial charge in [0.15, 0.2) is 0 Å². The van der Waals surface area contributed by atoms with E-state index in [0.29, 0.717) is 0 Å². The van der Waals surface area contributed by atoms with E-state index in [4.69, 9.17) is 32.1 Å². The highest BCUT2D eigenvalue weighted by molar-refractivity contribution is 7.86. The molecule has 4 aromatic carbocycles. The molecule has 0 radical (unpaired) electrons. The Morgan fingerprint density at radius 3 is 1.34 bits per heavy atom. The lowest BCUT2D eigenvalue weighted by atomic mass is 9.96. The van der Waals surface area contributed by atoms with Gasteiger partial charge in [-0.25, -0.2) is 4.79 Å². The molecule has 0 bridgehead atoms. The third-order valence-electron chi connectivity index (χ3n) is 8.39. The molecular formula is C43H55NO12S2. The van der Waals surface area contributed by atoms with Crippen molar-refractivity contribution in [1.82, 2.24) is 5.32 Å². The average molecular weight is 842 g/mol. The van der Waals surface area contributed by atoms with E-state index in [1.54, 1.807) is 20.8 Å². The summed E-state index contributed by atoms with van der Waals surface area (Å²) in [6.07, 6.45) is -5.11. The van der Waals surface area contributed by atoms with Gasteiger partial charge in [0.05, 0.1) is 51.6 Å². The highest BCUT2D eigenvalue weighted by Gasteiger charge is 2.44. The SMILES string of the molecule is CC(C)(C)OC(=O)NCC[C@H](OCc1ccccc1)[C@@H](OS(C)(=O)=O)[C@@H](OCc1ccccc1)[C@H](OCc1ccccc1)[C@H](COS(C)(=O)=O)OCc1ccccc1. The summed E-state index contributed by atoms with van der Waals surface area (Å²) >= 11 is 0. The molecule has 0 unspecified atom stereocenters. The minimum Gasteiger partial charge on any atom is -0.444 e. The van der Waals surface area contributed by atoms with Crippen LogP contribution in [0.5, 0.6) is 0 Å². The molecule has 5 atom stereocenters. The van der Waals surface area contributed by atoms with Crippen molar-refractivity contribution in [3.05, 3.63) is 144 Å². The second kappa shape index (κ2) is 22.8. The van der Waals surface area contributed by atoms with Gasteiger partial charge < -0.3 is 29.0 Å². The molecule has 0 aliphatic heterocycles. The van der Waals surface area contributed by atoms with E-state index < -0.39 is 69.1 Å². The Morgan fingerprint density at radius 1 is 0.552 bits per heavy atom. The van der Waals surface area contributed by atoms with E-state index in [1.165, 1.54) is 0 Å². The minimum atomic E-state index is -4.26. The molecule has 0 aromatic heterocycles. The summed E-state index contributed by atoms with van der Waals surface area (Å²) in [5.41, 5.74) is 2.30. The maximum absolute atomic E-state index is 13.3. The van der Waals surface area contributed by atoms with E-state index in [1.807, 2.05) is 121 Å². The summed E-state index contributed by atoms with van der Waals surface area (Å²) < 4.78 is 94.6. The molecule has 0 saturated carbocycles. The lowest BCUT2D eigenvalue weighted by Crippen LogP contribution is -2.55. The molecule has 13 nitrogen and oxygen atoms in total. The molecule has 0 aliphatic carbocycles. The van der Waals surface area contributed by atoms with Crippen molar-refractivity contribution in [3.63, 3.8) is 0 Å². The third-order valence-corrected chi connectivity index (χ3v) is 9.53. The van der Waals surface area contributed by atoms with E-state index in [0.717, 1.165) is 34.8 Å². The van der Waals surface area contributed by atoms with Crippen molar-refractivity contribution in [2.75, 3.05) is 25.7 Å². The van der Waals surface area contributed by atoms with Gasteiger partial charge in [-0.1, -0.05) is 121 Å². The third kappa shape index (κ3) is 18.2. The quantitative estimate of drug-likeness (QED) is 0.0758. The molecule has 0 aliphatic rings. The Morgan fingerprint density at radius 2 is 0.948 bits per heavy atom. The summed E-state index contributed by atoms with van der Waals surface area (Å²) in [7, 11) is -8.26. The number of ether oxygens (including phenoxy) is 5. The van der Waals surface area contributed by atoms with E-state index >= 15 is 0 Å². The van der Waals surface area contributed by atoms with Gasteiger partial charge in [0, 0.05) is 6.54 Å². The van der Waals surface area contributed by atoms with Crippen LogP contribution >= 0.6 is 0 Å². The fraction of sp³-hybridized carbons (Fsp3) is 0.419.